The van der Waals surface area contributed by atoms with E-state index in [0.717, 1.165) is 27.8 Å². The first-order valence-electron chi connectivity index (χ1n) is 6.69. The van der Waals surface area contributed by atoms with Gasteiger partial charge in [0.05, 0.1) is 10.6 Å². The third-order valence-corrected chi connectivity index (χ3v) is 4.23. The van der Waals surface area contributed by atoms with Crippen molar-refractivity contribution in [3.8, 4) is 5.75 Å². The number of phenols is 1. The molecule has 4 nitrogen and oxygen atoms in total. The Morgan fingerprint density at radius 2 is 1.86 bits per heavy atom. The molecule has 0 unspecified atom stereocenters. The number of carbonyl (C=O) groups is 2. The van der Waals surface area contributed by atoms with E-state index < -0.39 is 0 Å². The second kappa shape index (κ2) is 5.69. The third-order valence-electron chi connectivity index (χ3n) is 3.36. The van der Waals surface area contributed by atoms with Crippen molar-refractivity contribution in [3.05, 3.63) is 64.6 Å². The Hall–Kier alpha value is -2.53. The van der Waals surface area contributed by atoms with Gasteiger partial charge in [-0.05, 0) is 48.0 Å². The average molecular weight is 311 g/mol. The van der Waals surface area contributed by atoms with Crippen LogP contribution in [0.4, 0.5) is 10.5 Å². The topological polar surface area (TPSA) is 57.6 Å². The van der Waals surface area contributed by atoms with Crippen molar-refractivity contribution in [2.75, 3.05) is 4.90 Å². The summed E-state index contributed by atoms with van der Waals surface area (Å²) in [5.74, 6) is -0.358. The minimum atomic E-state index is -0.371. The van der Waals surface area contributed by atoms with Gasteiger partial charge in [-0.15, -0.1) is 0 Å². The van der Waals surface area contributed by atoms with Gasteiger partial charge in [0.25, 0.3) is 11.1 Å². The summed E-state index contributed by atoms with van der Waals surface area (Å²) in [5, 5.41) is 9.15. The molecule has 0 spiro atoms. The van der Waals surface area contributed by atoms with Crippen LogP contribution in [0, 0.1) is 6.92 Å². The first-order chi connectivity index (χ1) is 10.6. The van der Waals surface area contributed by atoms with Crippen LogP contribution in [0.1, 0.15) is 11.1 Å². The molecule has 110 valence electrons. The highest BCUT2D eigenvalue weighted by Crippen LogP contribution is 2.36. The summed E-state index contributed by atoms with van der Waals surface area (Å²) in [6, 6.07) is 13.8. The van der Waals surface area contributed by atoms with E-state index >= 15 is 0 Å². The SMILES string of the molecule is Cc1ccccc1C=C1SC(=O)N(c2cccc(O)c2)C1=O. The zero-order chi connectivity index (χ0) is 15.7. The molecule has 1 aliphatic rings. The number of hydrogen-bond acceptors (Lipinski definition) is 4. The lowest BCUT2D eigenvalue weighted by atomic mass is 10.1. The van der Waals surface area contributed by atoms with Gasteiger partial charge in [-0.25, -0.2) is 4.90 Å². The van der Waals surface area contributed by atoms with Crippen LogP contribution in [-0.4, -0.2) is 16.3 Å². The summed E-state index contributed by atoms with van der Waals surface area (Å²) in [5.41, 5.74) is 2.31. The molecule has 1 aliphatic heterocycles. The van der Waals surface area contributed by atoms with E-state index in [1.54, 1.807) is 18.2 Å². The molecule has 1 N–H and O–H groups in total. The molecule has 2 amide bonds. The van der Waals surface area contributed by atoms with Gasteiger partial charge in [-0.3, -0.25) is 9.59 Å². The summed E-state index contributed by atoms with van der Waals surface area (Å²) >= 11 is 0.903. The molecule has 0 bridgehead atoms. The highest BCUT2D eigenvalue weighted by atomic mass is 32.2. The molecule has 5 heteroatoms. The Balaban J connectivity index is 1.97. The highest BCUT2D eigenvalue weighted by molar-refractivity contribution is 8.19. The fraction of sp³-hybridized carbons (Fsp3) is 0.0588. The summed E-state index contributed by atoms with van der Waals surface area (Å²) in [4.78, 5) is 26.1. The average Bonchev–Trinajstić information content (AvgIpc) is 2.76. The van der Waals surface area contributed by atoms with Crippen LogP contribution in [0.25, 0.3) is 6.08 Å². The predicted octanol–water partition coefficient (Wildman–Crippen LogP) is 3.94. The monoisotopic (exact) mass is 311 g/mol. The summed E-state index contributed by atoms with van der Waals surface area (Å²) in [7, 11) is 0. The molecule has 0 aromatic heterocycles. The van der Waals surface area contributed by atoms with Crippen LogP contribution < -0.4 is 4.90 Å². The fourth-order valence-electron chi connectivity index (χ4n) is 2.21. The summed E-state index contributed by atoms with van der Waals surface area (Å²) in [6.45, 7) is 1.95. The van der Waals surface area contributed by atoms with Gasteiger partial charge >= 0.3 is 0 Å². The number of aromatic hydroxyl groups is 1. The number of thioether (sulfide) groups is 1. The quantitative estimate of drug-likeness (QED) is 0.853. The van der Waals surface area contributed by atoms with E-state index in [-0.39, 0.29) is 16.9 Å². The van der Waals surface area contributed by atoms with Crippen molar-refractivity contribution >= 4 is 34.7 Å². The number of aryl methyl sites for hydroxylation is 1. The molecule has 22 heavy (non-hydrogen) atoms. The second-order valence-electron chi connectivity index (χ2n) is 4.89. The van der Waals surface area contributed by atoms with E-state index in [2.05, 4.69) is 0 Å². The molecule has 1 saturated heterocycles. The number of nitrogens with zero attached hydrogens (tertiary/aromatic N) is 1. The molecule has 0 radical (unpaired) electrons. The first kappa shape index (κ1) is 14.4. The Bertz CT molecular complexity index is 798. The number of imide groups is 1. The molecule has 3 rings (SSSR count). The number of rotatable bonds is 2. The third kappa shape index (κ3) is 2.63. The fourth-order valence-corrected chi connectivity index (χ4v) is 3.04. The number of phenolic OH excluding ortho intramolecular Hbond substituents is 1. The van der Waals surface area contributed by atoms with Crippen LogP contribution in [0.5, 0.6) is 5.75 Å². The first-order valence-corrected chi connectivity index (χ1v) is 7.50. The number of anilines is 1. The lowest BCUT2D eigenvalue weighted by Crippen LogP contribution is -2.27. The lowest BCUT2D eigenvalue weighted by molar-refractivity contribution is -0.113. The van der Waals surface area contributed by atoms with Gasteiger partial charge in [-0.2, -0.15) is 0 Å². The van der Waals surface area contributed by atoms with E-state index in [0.29, 0.717) is 10.6 Å². The van der Waals surface area contributed by atoms with Crippen molar-refractivity contribution in [1.29, 1.82) is 0 Å². The normalized spacial score (nSPS) is 16.6. The van der Waals surface area contributed by atoms with E-state index in [1.165, 1.54) is 12.1 Å². The van der Waals surface area contributed by atoms with Crippen molar-refractivity contribution in [1.82, 2.24) is 0 Å². The van der Waals surface area contributed by atoms with E-state index in [9.17, 15) is 14.7 Å². The minimum absolute atomic E-state index is 0.0134. The van der Waals surface area contributed by atoms with Gasteiger partial charge in [0, 0.05) is 6.07 Å². The maximum Gasteiger partial charge on any atom is 0.298 e. The molecule has 2 aromatic rings. The maximum atomic E-state index is 12.5. The Morgan fingerprint density at radius 3 is 2.59 bits per heavy atom. The minimum Gasteiger partial charge on any atom is -0.508 e. The van der Waals surface area contributed by atoms with Crippen molar-refractivity contribution < 1.29 is 14.7 Å². The summed E-state index contributed by atoms with van der Waals surface area (Å²) in [6.07, 6.45) is 1.73. The van der Waals surface area contributed by atoms with Gasteiger partial charge in [0.15, 0.2) is 0 Å². The van der Waals surface area contributed by atoms with E-state index in [4.69, 9.17) is 0 Å². The Labute approximate surface area is 132 Å². The number of hydrogen-bond donors (Lipinski definition) is 1. The van der Waals surface area contributed by atoms with Crippen molar-refractivity contribution in [2.24, 2.45) is 0 Å². The molecule has 1 fully saturated rings. The number of amides is 2. The predicted molar refractivity (Wildman–Crippen MR) is 87.7 cm³/mol. The zero-order valence-corrected chi connectivity index (χ0v) is 12.6. The molecule has 0 atom stereocenters. The lowest BCUT2D eigenvalue weighted by Gasteiger charge is -2.12. The largest absolute Gasteiger partial charge is 0.508 e. The molecular weight excluding hydrogens is 298 g/mol. The molecule has 2 aromatic carbocycles. The standard InChI is InChI=1S/C17H13NO3S/c1-11-5-2-3-6-12(11)9-15-16(20)18(17(21)22-15)13-7-4-8-14(19)10-13/h2-10,19H,1H3. The zero-order valence-electron chi connectivity index (χ0n) is 11.8. The van der Waals surface area contributed by atoms with Gasteiger partial charge < -0.3 is 5.11 Å². The van der Waals surface area contributed by atoms with Crippen LogP contribution in [0.15, 0.2) is 53.4 Å². The Kier molecular flexibility index (Phi) is 3.73. The van der Waals surface area contributed by atoms with E-state index in [1.807, 2.05) is 31.2 Å². The van der Waals surface area contributed by atoms with Crippen molar-refractivity contribution in [3.63, 3.8) is 0 Å². The van der Waals surface area contributed by atoms with Gasteiger partial charge in [0.2, 0.25) is 0 Å². The molecular formula is C17H13NO3S. The summed E-state index contributed by atoms with van der Waals surface area (Å²) < 4.78 is 0. The number of carbonyl (C=O) groups excluding carboxylic acids is 2. The molecule has 0 aliphatic carbocycles. The second-order valence-corrected chi connectivity index (χ2v) is 5.89. The van der Waals surface area contributed by atoms with Crippen molar-refractivity contribution in [2.45, 2.75) is 6.92 Å². The van der Waals surface area contributed by atoms with Crippen LogP contribution >= 0.6 is 11.8 Å². The van der Waals surface area contributed by atoms with Gasteiger partial charge in [-0.1, -0.05) is 30.3 Å². The van der Waals surface area contributed by atoms with Crippen LogP contribution in [-0.2, 0) is 4.79 Å². The number of benzene rings is 2. The highest BCUT2D eigenvalue weighted by Gasteiger charge is 2.36. The smallest absolute Gasteiger partial charge is 0.298 e. The molecule has 1 heterocycles. The Morgan fingerprint density at radius 1 is 1.09 bits per heavy atom. The van der Waals surface area contributed by atoms with Gasteiger partial charge in [0.1, 0.15) is 5.75 Å². The maximum absolute atomic E-state index is 12.5. The molecule has 0 saturated carbocycles. The van der Waals surface area contributed by atoms with Crippen LogP contribution in [0.2, 0.25) is 0 Å². The van der Waals surface area contributed by atoms with Crippen LogP contribution in [0.3, 0.4) is 0 Å².